The maximum absolute atomic E-state index is 12.1. The predicted octanol–water partition coefficient (Wildman–Crippen LogP) is 3.42. The van der Waals surface area contributed by atoms with E-state index in [9.17, 15) is 9.59 Å². The molecule has 0 aromatic heterocycles. The molecular weight excluding hydrogens is 368 g/mol. The monoisotopic (exact) mass is 388 g/mol. The second-order valence-electron chi connectivity index (χ2n) is 6.15. The second kappa shape index (κ2) is 8.77. The zero-order chi connectivity index (χ0) is 19.2. The van der Waals surface area contributed by atoms with Crippen molar-refractivity contribution in [2.24, 2.45) is 0 Å². The fraction of sp³-hybridized carbons (Fsp3) is 0.300. The first-order chi connectivity index (χ1) is 13.0. The maximum Gasteiger partial charge on any atom is 0.414 e. The lowest BCUT2D eigenvalue weighted by Gasteiger charge is -2.13. The van der Waals surface area contributed by atoms with Gasteiger partial charge in [-0.3, -0.25) is 9.69 Å². The number of hydrogen-bond acceptors (Lipinski definition) is 4. The quantitative estimate of drug-likeness (QED) is 0.789. The van der Waals surface area contributed by atoms with E-state index in [4.69, 9.17) is 21.1 Å². The normalized spacial score (nSPS) is 16.1. The number of hydrogen-bond donors (Lipinski definition) is 1. The molecule has 0 aliphatic carbocycles. The average molecular weight is 389 g/mol. The zero-order valence-electron chi connectivity index (χ0n) is 15.0. The third-order valence-electron chi connectivity index (χ3n) is 4.14. The minimum Gasteiger partial charge on any atom is -0.494 e. The molecule has 0 spiro atoms. The molecule has 27 heavy (non-hydrogen) atoms. The summed E-state index contributed by atoms with van der Waals surface area (Å²) in [6, 6.07) is 14.4. The van der Waals surface area contributed by atoms with Crippen molar-refractivity contribution in [2.75, 3.05) is 24.6 Å². The number of halogens is 1. The van der Waals surface area contributed by atoms with Crippen LogP contribution in [0.5, 0.6) is 5.75 Å². The summed E-state index contributed by atoms with van der Waals surface area (Å²) in [6.45, 7) is 3.17. The average Bonchev–Trinajstić information content (AvgIpc) is 3.03. The van der Waals surface area contributed by atoms with Crippen molar-refractivity contribution in [1.29, 1.82) is 0 Å². The fourth-order valence-corrected chi connectivity index (χ4v) is 2.93. The highest BCUT2D eigenvalue weighted by molar-refractivity contribution is 6.30. The molecule has 7 heteroatoms. The van der Waals surface area contributed by atoms with Gasteiger partial charge in [-0.1, -0.05) is 23.7 Å². The van der Waals surface area contributed by atoms with Crippen molar-refractivity contribution >= 4 is 29.3 Å². The molecule has 2 aromatic rings. The standard InChI is InChI=1S/C20H21ClN2O4/c1-2-26-17-9-3-14(4-10-17)11-19(24)22-12-18-13-23(20(25)27-18)16-7-5-15(21)6-8-16/h3-10,18H,2,11-13H2,1H3,(H,22,24). The number of nitrogens with one attached hydrogen (secondary N) is 1. The van der Waals surface area contributed by atoms with E-state index in [1.165, 1.54) is 4.90 Å². The first-order valence-electron chi connectivity index (χ1n) is 8.77. The van der Waals surface area contributed by atoms with Crippen LogP contribution in [-0.4, -0.2) is 37.8 Å². The fourth-order valence-electron chi connectivity index (χ4n) is 2.81. The minimum absolute atomic E-state index is 0.125. The smallest absolute Gasteiger partial charge is 0.414 e. The van der Waals surface area contributed by atoms with Gasteiger partial charge in [-0.25, -0.2) is 4.79 Å². The number of cyclic esters (lactones) is 1. The van der Waals surface area contributed by atoms with Gasteiger partial charge in [-0.15, -0.1) is 0 Å². The van der Waals surface area contributed by atoms with Crippen LogP contribution in [0.2, 0.25) is 5.02 Å². The Bertz CT molecular complexity index is 793. The van der Waals surface area contributed by atoms with Crippen LogP contribution in [0.3, 0.4) is 0 Å². The summed E-state index contributed by atoms with van der Waals surface area (Å²) in [5, 5.41) is 3.42. The first-order valence-corrected chi connectivity index (χ1v) is 9.15. The second-order valence-corrected chi connectivity index (χ2v) is 6.59. The SMILES string of the molecule is CCOc1ccc(CC(=O)NCC2CN(c3ccc(Cl)cc3)C(=O)O2)cc1. The molecule has 142 valence electrons. The summed E-state index contributed by atoms with van der Waals surface area (Å²) in [7, 11) is 0. The Labute approximate surface area is 163 Å². The van der Waals surface area contributed by atoms with Crippen molar-refractivity contribution in [3.8, 4) is 5.75 Å². The number of carbonyl (C=O) groups is 2. The molecule has 0 radical (unpaired) electrons. The molecular formula is C20H21ClN2O4. The van der Waals surface area contributed by atoms with Crippen molar-refractivity contribution < 1.29 is 19.1 Å². The molecule has 1 aliphatic heterocycles. The minimum atomic E-state index is -0.428. The van der Waals surface area contributed by atoms with Gasteiger partial charge in [0.25, 0.3) is 0 Å². The van der Waals surface area contributed by atoms with Gasteiger partial charge in [0.15, 0.2) is 0 Å². The molecule has 1 N–H and O–H groups in total. The van der Waals surface area contributed by atoms with Crippen molar-refractivity contribution in [3.63, 3.8) is 0 Å². The third-order valence-corrected chi connectivity index (χ3v) is 4.39. The van der Waals surface area contributed by atoms with E-state index in [2.05, 4.69) is 5.32 Å². The van der Waals surface area contributed by atoms with Crippen LogP contribution in [0, 0.1) is 0 Å². The molecule has 1 aliphatic rings. The molecule has 1 heterocycles. The number of rotatable bonds is 7. The van der Waals surface area contributed by atoms with Crippen molar-refractivity contribution in [2.45, 2.75) is 19.4 Å². The van der Waals surface area contributed by atoms with Crippen LogP contribution in [0.1, 0.15) is 12.5 Å². The van der Waals surface area contributed by atoms with Gasteiger partial charge in [-0.2, -0.15) is 0 Å². The molecule has 2 aromatic carbocycles. The molecule has 6 nitrogen and oxygen atoms in total. The Hall–Kier alpha value is -2.73. The Morgan fingerprint density at radius 1 is 1.22 bits per heavy atom. The van der Waals surface area contributed by atoms with Gasteiger partial charge >= 0.3 is 6.09 Å². The first kappa shape index (κ1) is 19.0. The number of nitrogens with zero attached hydrogens (tertiary/aromatic N) is 1. The van der Waals surface area contributed by atoms with Gasteiger partial charge in [0.1, 0.15) is 11.9 Å². The van der Waals surface area contributed by atoms with Crippen molar-refractivity contribution in [3.05, 3.63) is 59.1 Å². The van der Waals surface area contributed by atoms with Crippen LogP contribution >= 0.6 is 11.6 Å². The Kier molecular flexibility index (Phi) is 6.19. The number of benzene rings is 2. The maximum atomic E-state index is 12.1. The largest absolute Gasteiger partial charge is 0.494 e. The molecule has 2 amide bonds. The lowest BCUT2D eigenvalue weighted by Crippen LogP contribution is -2.35. The number of amides is 2. The van der Waals surface area contributed by atoms with E-state index in [1.54, 1.807) is 24.3 Å². The van der Waals surface area contributed by atoms with E-state index < -0.39 is 12.2 Å². The summed E-state index contributed by atoms with van der Waals surface area (Å²) in [5.74, 6) is 0.655. The Balaban J connectivity index is 1.47. The summed E-state index contributed by atoms with van der Waals surface area (Å²) in [6.07, 6.45) is -0.561. The molecule has 0 bridgehead atoms. The van der Waals surface area contributed by atoms with Gasteiger partial charge < -0.3 is 14.8 Å². The van der Waals surface area contributed by atoms with E-state index in [1.807, 2.05) is 31.2 Å². The lowest BCUT2D eigenvalue weighted by molar-refractivity contribution is -0.120. The molecule has 1 fully saturated rings. The number of anilines is 1. The van der Waals surface area contributed by atoms with Crippen LogP contribution in [0.4, 0.5) is 10.5 Å². The molecule has 1 atom stereocenters. The van der Waals surface area contributed by atoms with Crippen LogP contribution in [-0.2, 0) is 16.0 Å². The Morgan fingerprint density at radius 3 is 2.59 bits per heavy atom. The highest BCUT2D eigenvalue weighted by atomic mass is 35.5. The Morgan fingerprint density at radius 2 is 1.93 bits per heavy atom. The highest BCUT2D eigenvalue weighted by Crippen LogP contribution is 2.23. The topological polar surface area (TPSA) is 67.9 Å². The van der Waals surface area contributed by atoms with Gasteiger partial charge in [0.2, 0.25) is 5.91 Å². The van der Waals surface area contributed by atoms with Gasteiger partial charge in [0.05, 0.1) is 26.1 Å². The molecule has 1 unspecified atom stereocenters. The van der Waals surface area contributed by atoms with Crippen LogP contribution in [0.15, 0.2) is 48.5 Å². The summed E-state index contributed by atoms with van der Waals surface area (Å²) in [5.41, 5.74) is 1.61. The number of ether oxygens (including phenoxy) is 2. The lowest BCUT2D eigenvalue weighted by atomic mass is 10.1. The molecule has 1 saturated heterocycles. The predicted molar refractivity (Wildman–Crippen MR) is 103 cm³/mol. The summed E-state index contributed by atoms with van der Waals surface area (Å²) >= 11 is 5.87. The van der Waals surface area contributed by atoms with E-state index in [0.717, 1.165) is 11.3 Å². The van der Waals surface area contributed by atoms with E-state index in [-0.39, 0.29) is 18.9 Å². The highest BCUT2D eigenvalue weighted by Gasteiger charge is 2.32. The van der Waals surface area contributed by atoms with Gasteiger partial charge in [-0.05, 0) is 48.9 Å². The number of carbonyl (C=O) groups excluding carboxylic acids is 2. The van der Waals surface area contributed by atoms with Gasteiger partial charge in [0, 0.05) is 10.7 Å². The van der Waals surface area contributed by atoms with E-state index in [0.29, 0.717) is 23.9 Å². The van der Waals surface area contributed by atoms with Crippen LogP contribution in [0.25, 0.3) is 0 Å². The zero-order valence-corrected chi connectivity index (χ0v) is 15.7. The molecule has 3 rings (SSSR count). The summed E-state index contributed by atoms with van der Waals surface area (Å²) < 4.78 is 10.7. The van der Waals surface area contributed by atoms with E-state index >= 15 is 0 Å². The molecule has 0 saturated carbocycles. The third kappa shape index (κ3) is 5.14. The summed E-state index contributed by atoms with van der Waals surface area (Å²) in [4.78, 5) is 25.7. The van der Waals surface area contributed by atoms with Crippen molar-refractivity contribution in [1.82, 2.24) is 5.32 Å². The van der Waals surface area contributed by atoms with Crippen LogP contribution < -0.4 is 15.0 Å².